The Morgan fingerprint density at radius 1 is 0.340 bits per heavy atom. The van der Waals surface area contributed by atoms with Crippen molar-refractivity contribution in [1.29, 1.82) is 0 Å². The smallest absolute Gasteiger partial charge is 0.143 e. The van der Waals surface area contributed by atoms with Crippen molar-refractivity contribution in [3.8, 4) is 44.5 Å². The van der Waals surface area contributed by atoms with Crippen molar-refractivity contribution in [1.82, 2.24) is 0 Å². The lowest BCUT2D eigenvalue weighted by atomic mass is 9.84. The minimum Gasteiger partial charge on any atom is -0.455 e. The Kier molecular flexibility index (Phi) is 4.36. The van der Waals surface area contributed by atoms with Crippen molar-refractivity contribution in [3.63, 3.8) is 0 Å². The molecule has 11 rings (SSSR count). The van der Waals surface area contributed by atoms with E-state index >= 15 is 0 Å². The summed E-state index contributed by atoms with van der Waals surface area (Å²) in [5.74, 6) is 0. The Hall–Kier alpha value is -6.96. The zero-order valence-corrected chi connectivity index (χ0v) is 27.9. The van der Waals surface area contributed by atoms with Crippen LogP contribution in [0.4, 0.5) is 0 Å². The van der Waals surface area contributed by atoms with Crippen LogP contribution in [0.3, 0.4) is 0 Å². The first-order chi connectivity index (χ1) is 31.7. The second kappa shape index (κ2) is 11.8. The number of benzene rings is 10. The summed E-state index contributed by atoms with van der Waals surface area (Å²) in [5.41, 5.74) is 4.68. The number of hydrogen-bond donors (Lipinski definition) is 0. The Bertz CT molecular complexity index is 3870. The van der Waals surface area contributed by atoms with Gasteiger partial charge < -0.3 is 4.42 Å². The SMILES string of the molecule is [2H]c1c([2H])c([2H])c(-c2c3c([2H])c([2H])c([2H])c([2H])c3c(-c3ccc(-c4cccc5c4oc4ccc(-c6cccc7ccccc67)cc45)c4ccccc34)c3c([2H])c([2H])c([2H])c([2H])c23)c([2H])c1[2H]. The second-order valence-corrected chi connectivity index (χ2v) is 13.0. The fourth-order valence-corrected chi connectivity index (χ4v) is 7.93. The van der Waals surface area contributed by atoms with E-state index < -0.39 is 84.1 Å². The van der Waals surface area contributed by atoms with Crippen LogP contribution in [0.1, 0.15) is 17.8 Å². The first-order valence-electron chi connectivity index (χ1n) is 23.7. The molecule has 0 fully saturated rings. The maximum Gasteiger partial charge on any atom is 0.143 e. The number of rotatable bonds is 4. The third kappa shape index (κ3) is 4.58. The van der Waals surface area contributed by atoms with Crippen LogP contribution in [-0.2, 0) is 0 Å². The van der Waals surface area contributed by atoms with Gasteiger partial charge in [0.2, 0.25) is 0 Å². The summed E-state index contributed by atoms with van der Waals surface area (Å²) in [6.07, 6.45) is 0. The molecule has 1 nitrogen and oxygen atoms in total. The molecule has 0 aliphatic rings. The fraction of sp³-hybridized carbons (Fsp3) is 0. The van der Waals surface area contributed by atoms with E-state index in [0.717, 1.165) is 43.8 Å². The lowest BCUT2D eigenvalue weighted by molar-refractivity contribution is 0.670. The molecule has 0 unspecified atom stereocenters. The summed E-state index contributed by atoms with van der Waals surface area (Å²) in [7, 11) is 0. The van der Waals surface area contributed by atoms with Crippen molar-refractivity contribution in [2.45, 2.75) is 0 Å². The summed E-state index contributed by atoms with van der Waals surface area (Å²) in [6, 6.07) is 29.3. The van der Waals surface area contributed by atoms with Gasteiger partial charge in [0.25, 0.3) is 0 Å². The number of furan rings is 1. The third-order valence-corrected chi connectivity index (χ3v) is 10.2. The molecule has 0 saturated heterocycles. The molecule has 11 aromatic rings. The largest absolute Gasteiger partial charge is 0.455 e. The van der Waals surface area contributed by atoms with E-state index in [-0.39, 0.29) is 32.7 Å². The van der Waals surface area contributed by atoms with E-state index in [9.17, 15) is 5.48 Å². The number of para-hydroxylation sites is 1. The topological polar surface area (TPSA) is 13.1 Å². The summed E-state index contributed by atoms with van der Waals surface area (Å²) < 4.78 is 123. The summed E-state index contributed by atoms with van der Waals surface area (Å²) in [6.45, 7) is 0. The quantitative estimate of drug-likeness (QED) is 0.168. The molecule has 1 heteroatoms. The molecule has 246 valence electrons. The fourth-order valence-electron chi connectivity index (χ4n) is 7.93. The normalized spacial score (nSPS) is 15.2. The monoisotopic (exact) mass is 685 g/mol. The minimum absolute atomic E-state index is 0.0702. The predicted octanol–water partition coefficient (Wildman–Crippen LogP) is 14.9. The van der Waals surface area contributed by atoms with Gasteiger partial charge in [-0.05, 0) is 94.2 Å². The third-order valence-electron chi connectivity index (χ3n) is 10.2. The molecule has 0 spiro atoms. The Morgan fingerprint density at radius 2 is 0.906 bits per heavy atom. The van der Waals surface area contributed by atoms with Gasteiger partial charge in [-0.15, -0.1) is 0 Å². The molecule has 0 aliphatic heterocycles. The molecule has 1 aromatic heterocycles. The second-order valence-electron chi connectivity index (χ2n) is 13.0. The van der Waals surface area contributed by atoms with Crippen LogP contribution in [0.25, 0.3) is 110 Å². The van der Waals surface area contributed by atoms with Gasteiger partial charge in [-0.1, -0.05) is 182 Å². The van der Waals surface area contributed by atoms with Crippen LogP contribution in [0, 0.1) is 0 Å². The van der Waals surface area contributed by atoms with Crippen molar-refractivity contribution in [3.05, 3.63) is 194 Å². The van der Waals surface area contributed by atoms with Crippen molar-refractivity contribution in [2.24, 2.45) is 0 Å². The van der Waals surface area contributed by atoms with Crippen LogP contribution in [0.5, 0.6) is 0 Å². The van der Waals surface area contributed by atoms with Crippen LogP contribution in [-0.4, -0.2) is 0 Å². The van der Waals surface area contributed by atoms with Crippen molar-refractivity contribution in [2.75, 3.05) is 0 Å². The van der Waals surface area contributed by atoms with Gasteiger partial charge in [-0.2, -0.15) is 0 Å². The highest BCUT2D eigenvalue weighted by molar-refractivity contribution is 6.24. The Balaban J connectivity index is 1.24. The zero-order valence-electron chi connectivity index (χ0n) is 40.9. The molecular weight excluding hydrogens is 641 g/mol. The van der Waals surface area contributed by atoms with Crippen LogP contribution >= 0.6 is 0 Å². The maximum atomic E-state index is 9.44. The lowest BCUT2D eigenvalue weighted by Crippen LogP contribution is -1.92. The van der Waals surface area contributed by atoms with E-state index in [4.69, 9.17) is 16.8 Å². The molecule has 53 heavy (non-hydrogen) atoms. The van der Waals surface area contributed by atoms with Crippen LogP contribution in [0.15, 0.2) is 198 Å². The van der Waals surface area contributed by atoms with Crippen molar-refractivity contribution < 1.29 is 22.2 Å². The molecule has 0 aliphatic carbocycles. The molecule has 0 amide bonds. The van der Waals surface area contributed by atoms with E-state index in [1.165, 1.54) is 0 Å². The molecule has 0 radical (unpaired) electrons. The van der Waals surface area contributed by atoms with Gasteiger partial charge in [0.05, 0.1) is 17.8 Å². The molecule has 1 heterocycles. The average molecular weight is 686 g/mol. The Labute approximate surface area is 325 Å². The average Bonchev–Trinajstić information content (AvgIpc) is 3.72. The highest BCUT2D eigenvalue weighted by atomic mass is 16.3. The Morgan fingerprint density at radius 3 is 1.66 bits per heavy atom. The zero-order chi connectivity index (χ0) is 46.2. The van der Waals surface area contributed by atoms with E-state index in [1.54, 1.807) is 6.07 Å². The van der Waals surface area contributed by atoms with Crippen molar-refractivity contribution >= 4 is 65.0 Å². The molecular formula is C52H32O. The first-order valence-corrected chi connectivity index (χ1v) is 17.2. The molecule has 10 aromatic carbocycles. The number of fused-ring (bicyclic) bond motifs is 7. The van der Waals surface area contributed by atoms with E-state index in [2.05, 4.69) is 36.4 Å². The van der Waals surface area contributed by atoms with Gasteiger partial charge in [-0.3, -0.25) is 0 Å². The maximum absolute atomic E-state index is 9.44. The lowest BCUT2D eigenvalue weighted by Gasteiger charge is -2.19. The highest BCUT2D eigenvalue weighted by Gasteiger charge is 2.20. The summed E-state index contributed by atoms with van der Waals surface area (Å²) >= 11 is 0. The van der Waals surface area contributed by atoms with Gasteiger partial charge in [0.1, 0.15) is 11.2 Å². The highest BCUT2D eigenvalue weighted by Crippen LogP contribution is 2.47. The van der Waals surface area contributed by atoms with Gasteiger partial charge >= 0.3 is 0 Å². The standard InChI is InChI=1S/C52H32O/c1-2-15-34(16-3-1)50-41-21-8-10-23-43(41)51(44-24-11-9-22-42(44)50)45-30-29-40(38-19-6-7-20-39(38)45)46-26-13-27-47-48-32-35(28-31-49(48)53-52(46)47)37-25-12-17-33-14-4-5-18-36(33)37/h1-32H/i1D,2D,3D,8D,9D,10D,11D,15D,16D,21D,22D,23D,24D. The predicted molar refractivity (Wildman–Crippen MR) is 225 cm³/mol. The molecule has 0 saturated carbocycles. The first kappa shape index (κ1) is 19.6. The van der Waals surface area contributed by atoms with E-state index in [0.29, 0.717) is 27.5 Å². The van der Waals surface area contributed by atoms with Gasteiger partial charge in [-0.25, -0.2) is 0 Å². The van der Waals surface area contributed by atoms with Crippen LogP contribution < -0.4 is 0 Å². The van der Waals surface area contributed by atoms with Gasteiger partial charge in [0, 0.05) is 16.3 Å². The summed E-state index contributed by atoms with van der Waals surface area (Å²) in [5, 5.41) is 4.59. The summed E-state index contributed by atoms with van der Waals surface area (Å²) in [4.78, 5) is 0. The van der Waals surface area contributed by atoms with Crippen LogP contribution in [0.2, 0.25) is 0 Å². The molecule has 0 N–H and O–H groups in total. The molecule has 0 atom stereocenters. The molecule has 0 bridgehead atoms. The van der Waals surface area contributed by atoms with E-state index in [1.807, 2.05) is 72.8 Å². The minimum atomic E-state index is -0.718. The van der Waals surface area contributed by atoms with Gasteiger partial charge in [0.15, 0.2) is 0 Å². The number of hydrogen-bond acceptors (Lipinski definition) is 1.